The van der Waals surface area contributed by atoms with Gasteiger partial charge < -0.3 is 15.1 Å². The maximum Gasteiger partial charge on any atom is 0.222 e. The lowest BCUT2D eigenvalue weighted by atomic mass is 10.1. The number of carbonyl (C=O) groups is 1. The zero-order chi connectivity index (χ0) is 15.2. The number of carbonyl (C=O) groups excluding carboxylic acids is 1. The largest absolute Gasteiger partial charge is 0.508 e. The van der Waals surface area contributed by atoms with Crippen molar-refractivity contribution in [2.45, 2.75) is 25.3 Å². The SMILES string of the molecule is CN1CCN(C(=O)CCc2cccc(O)c2)CC1CCO. The van der Waals surface area contributed by atoms with Crippen molar-refractivity contribution in [3.05, 3.63) is 29.8 Å². The van der Waals surface area contributed by atoms with Gasteiger partial charge in [0.05, 0.1) is 0 Å². The number of likely N-dealkylation sites (N-methyl/N-ethyl adjacent to an activating group) is 1. The number of amides is 1. The smallest absolute Gasteiger partial charge is 0.222 e. The van der Waals surface area contributed by atoms with Crippen LogP contribution in [0.4, 0.5) is 0 Å². The van der Waals surface area contributed by atoms with Crippen LogP contribution in [0.25, 0.3) is 0 Å². The predicted molar refractivity (Wildman–Crippen MR) is 81.1 cm³/mol. The van der Waals surface area contributed by atoms with Crippen LogP contribution in [0.5, 0.6) is 5.75 Å². The minimum atomic E-state index is 0.148. The van der Waals surface area contributed by atoms with Crippen molar-refractivity contribution in [2.24, 2.45) is 0 Å². The van der Waals surface area contributed by atoms with E-state index >= 15 is 0 Å². The lowest BCUT2D eigenvalue weighted by molar-refractivity contribution is -0.134. The molecule has 1 saturated heterocycles. The second-order valence-electron chi connectivity index (χ2n) is 5.66. The number of aryl methyl sites for hydroxylation is 1. The fourth-order valence-electron chi connectivity index (χ4n) is 2.75. The van der Waals surface area contributed by atoms with Crippen molar-refractivity contribution < 1.29 is 15.0 Å². The zero-order valence-electron chi connectivity index (χ0n) is 12.5. The van der Waals surface area contributed by atoms with E-state index in [9.17, 15) is 9.90 Å². The molecule has 2 rings (SSSR count). The number of aromatic hydroxyl groups is 1. The van der Waals surface area contributed by atoms with E-state index in [4.69, 9.17) is 5.11 Å². The van der Waals surface area contributed by atoms with Gasteiger partial charge in [-0.05, 0) is 37.6 Å². The molecule has 1 fully saturated rings. The molecular formula is C16H24N2O3. The highest BCUT2D eigenvalue weighted by atomic mass is 16.3. The van der Waals surface area contributed by atoms with Gasteiger partial charge in [-0.3, -0.25) is 9.69 Å². The van der Waals surface area contributed by atoms with Gasteiger partial charge in [0, 0.05) is 38.7 Å². The van der Waals surface area contributed by atoms with Gasteiger partial charge in [-0.2, -0.15) is 0 Å². The summed E-state index contributed by atoms with van der Waals surface area (Å²) < 4.78 is 0. The predicted octanol–water partition coefficient (Wildman–Crippen LogP) is 0.850. The molecule has 0 spiro atoms. The quantitative estimate of drug-likeness (QED) is 0.844. The van der Waals surface area contributed by atoms with Crippen LogP contribution in [0.15, 0.2) is 24.3 Å². The Labute approximate surface area is 125 Å². The highest BCUT2D eigenvalue weighted by molar-refractivity contribution is 5.76. The third kappa shape index (κ3) is 4.44. The highest BCUT2D eigenvalue weighted by Gasteiger charge is 2.26. The lowest BCUT2D eigenvalue weighted by Crippen LogP contribution is -2.53. The van der Waals surface area contributed by atoms with Gasteiger partial charge >= 0.3 is 0 Å². The summed E-state index contributed by atoms with van der Waals surface area (Å²) in [5.74, 6) is 0.386. The first-order valence-corrected chi connectivity index (χ1v) is 7.47. The van der Waals surface area contributed by atoms with Gasteiger partial charge in [0.1, 0.15) is 5.75 Å². The topological polar surface area (TPSA) is 64.0 Å². The number of hydrogen-bond donors (Lipinski definition) is 2. The monoisotopic (exact) mass is 292 g/mol. The molecule has 1 aliphatic rings. The number of benzene rings is 1. The summed E-state index contributed by atoms with van der Waals surface area (Å²) in [4.78, 5) is 16.4. The lowest BCUT2D eigenvalue weighted by Gasteiger charge is -2.39. The Balaban J connectivity index is 1.85. The molecule has 116 valence electrons. The molecule has 1 heterocycles. The zero-order valence-corrected chi connectivity index (χ0v) is 12.5. The maximum atomic E-state index is 12.3. The first-order valence-electron chi connectivity index (χ1n) is 7.47. The molecule has 5 nitrogen and oxygen atoms in total. The molecule has 5 heteroatoms. The van der Waals surface area contributed by atoms with Crippen LogP contribution in [0.2, 0.25) is 0 Å². The number of hydrogen-bond acceptors (Lipinski definition) is 4. The fraction of sp³-hybridized carbons (Fsp3) is 0.562. The number of piperazine rings is 1. The van der Waals surface area contributed by atoms with Crippen molar-refractivity contribution in [3.8, 4) is 5.75 Å². The van der Waals surface area contributed by atoms with Crippen LogP contribution < -0.4 is 0 Å². The van der Waals surface area contributed by atoms with Crippen LogP contribution in [0.1, 0.15) is 18.4 Å². The fourth-order valence-corrected chi connectivity index (χ4v) is 2.75. The molecule has 0 aliphatic carbocycles. The standard InChI is InChI=1S/C16H24N2O3/c1-17-8-9-18(12-14(17)7-10-19)16(21)6-5-13-3-2-4-15(20)11-13/h2-4,11,14,19-20H,5-10,12H2,1H3. The molecule has 1 amide bonds. The minimum Gasteiger partial charge on any atom is -0.508 e. The Morgan fingerprint density at radius 1 is 1.38 bits per heavy atom. The Kier molecular flexibility index (Phi) is 5.59. The summed E-state index contributed by atoms with van der Waals surface area (Å²) in [6.07, 6.45) is 1.80. The average molecular weight is 292 g/mol. The summed E-state index contributed by atoms with van der Waals surface area (Å²) in [6, 6.07) is 7.29. The van der Waals surface area contributed by atoms with Gasteiger partial charge in [-0.1, -0.05) is 12.1 Å². The normalized spacial score (nSPS) is 19.7. The van der Waals surface area contributed by atoms with Crippen molar-refractivity contribution in [2.75, 3.05) is 33.3 Å². The number of phenols is 1. The van der Waals surface area contributed by atoms with Gasteiger partial charge in [0.2, 0.25) is 5.91 Å². The molecule has 1 aliphatic heterocycles. The molecule has 1 atom stereocenters. The number of nitrogens with zero attached hydrogens (tertiary/aromatic N) is 2. The van der Waals surface area contributed by atoms with Crippen molar-refractivity contribution in [1.29, 1.82) is 0 Å². The van der Waals surface area contributed by atoms with Crippen LogP contribution in [-0.2, 0) is 11.2 Å². The van der Waals surface area contributed by atoms with Crippen molar-refractivity contribution >= 4 is 5.91 Å². The molecule has 2 N–H and O–H groups in total. The van der Waals surface area contributed by atoms with Crippen molar-refractivity contribution in [1.82, 2.24) is 9.80 Å². The van der Waals surface area contributed by atoms with Crippen LogP contribution in [-0.4, -0.2) is 65.3 Å². The first kappa shape index (κ1) is 15.8. The molecule has 0 aromatic heterocycles. The molecular weight excluding hydrogens is 268 g/mol. The summed E-state index contributed by atoms with van der Waals surface area (Å²) in [5, 5.41) is 18.5. The number of aliphatic hydroxyl groups is 1. The van der Waals surface area contributed by atoms with Crippen LogP contribution in [0.3, 0.4) is 0 Å². The average Bonchev–Trinajstić information content (AvgIpc) is 2.47. The Morgan fingerprint density at radius 2 is 2.19 bits per heavy atom. The number of aliphatic hydroxyl groups excluding tert-OH is 1. The molecule has 1 unspecified atom stereocenters. The van der Waals surface area contributed by atoms with Gasteiger partial charge in [0.25, 0.3) is 0 Å². The molecule has 1 aromatic rings. The molecule has 0 bridgehead atoms. The maximum absolute atomic E-state index is 12.3. The van der Waals surface area contributed by atoms with E-state index < -0.39 is 0 Å². The molecule has 0 radical (unpaired) electrons. The Morgan fingerprint density at radius 3 is 2.90 bits per heavy atom. The van der Waals surface area contributed by atoms with E-state index in [2.05, 4.69) is 4.90 Å². The van der Waals surface area contributed by atoms with E-state index in [0.717, 1.165) is 18.7 Å². The summed E-state index contributed by atoms with van der Waals surface area (Å²) in [7, 11) is 2.04. The second kappa shape index (κ2) is 7.43. The highest BCUT2D eigenvalue weighted by Crippen LogP contribution is 2.15. The minimum absolute atomic E-state index is 0.148. The number of phenolic OH excluding ortho intramolecular Hbond substituents is 1. The van der Waals surface area contributed by atoms with E-state index in [1.54, 1.807) is 18.2 Å². The van der Waals surface area contributed by atoms with Crippen LogP contribution in [0, 0.1) is 0 Å². The summed E-state index contributed by atoms with van der Waals surface area (Å²) in [5.41, 5.74) is 0.976. The third-order valence-corrected chi connectivity index (χ3v) is 4.13. The van der Waals surface area contributed by atoms with E-state index in [-0.39, 0.29) is 24.3 Å². The molecule has 21 heavy (non-hydrogen) atoms. The van der Waals surface area contributed by atoms with Gasteiger partial charge in [-0.15, -0.1) is 0 Å². The first-order chi connectivity index (χ1) is 10.1. The van der Waals surface area contributed by atoms with Crippen molar-refractivity contribution in [3.63, 3.8) is 0 Å². The Bertz CT molecular complexity index is 478. The van der Waals surface area contributed by atoms with Gasteiger partial charge in [0.15, 0.2) is 0 Å². The van der Waals surface area contributed by atoms with Gasteiger partial charge in [-0.25, -0.2) is 0 Å². The molecule has 1 aromatic carbocycles. The second-order valence-corrected chi connectivity index (χ2v) is 5.66. The van der Waals surface area contributed by atoms with E-state index in [1.807, 2.05) is 18.0 Å². The Hall–Kier alpha value is -1.59. The van der Waals surface area contributed by atoms with Crippen LogP contribution >= 0.6 is 0 Å². The van der Waals surface area contributed by atoms with E-state index in [0.29, 0.717) is 25.8 Å². The summed E-state index contributed by atoms with van der Waals surface area (Å²) >= 11 is 0. The van der Waals surface area contributed by atoms with E-state index in [1.165, 1.54) is 0 Å². The summed E-state index contributed by atoms with van der Waals surface area (Å²) in [6.45, 7) is 2.44. The third-order valence-electron chi connectivity index (χ3n) is 4.13. The number of rotatable bonds is 5. The molecule has 0 saturated carbocycles.